The molecule has 19 heavy (non-hydrogen) atoms. The van der Waals surface area contributed by atoms with E-state index in [9.17, 15) is 0 Å². The molecule has 0 aliphatic carbocycles. The molecule has 3 N–H and O–H groups in total. The van der Waals surface area contributed by atoms with Gasteiger partial charge in [0.05, 0.1) is 13.2 Å². The largest absolute Gasteiger partial charge is 0.490 e. The third kappa shape index (κ3) is 3.39. The number of hydrogen-bond donors (Lipinski definition) is 2. The summed E-state index contributed by atoms with van der Waals surface area (Å²) >= 11 is 0. The average Bonchev–Trinajstić information content (AvgIpc) is 2.68. The molecular formula is C15H24N2O2. The zero-order chi connectivity index (χ0) is 13.7. The van der Waals surface area contributed by atoms with Crippen LogP contribution < -0.4 is 20.5 Å². The quantitative estimate of drug-likeness (QED) is 0.855. The van der Waals surface area contributed by atoms with E-state index < -0.39 is 0 Å². The van der Waals surface area contributed by atoms with Gasteiger partial charge < -0.3 is 20.5 Å². The molecule has 2 rings (SSSR count). The van der Waals surface area contributed by atoms with Crippen molar-refractivity contribution in [1.29, 1.82) is 0 Å². The van der Waals surface area contributed by atoms with E-state index in [2.05, 4.69) is 18.3 Å². The molecule has 1 aromatic rings. The lowest BCUT2D eigenvalue weighted by atomic mass is 9.91. The normalized spacial score (nSPS) is 17.6. The van der Waals surface area contributed by atoms with E-state index in [1.165, 1.54) is 0 Å². The van der Waals surface area contributed by atoms with Crippen LogP contribution >= 0.6 is 0 Å². The van der Waals surface area contributed by atoms with E-state index in [4.69, 9.17) is 15.2 Å². The van der Waals surface area contributed by atoms with Crippen LogP contribution in [0.4, 0.5) is 0 Å². The van der Waals surface area contributed by atoms with Gasteiger partial charge >= 0.3 is 0 Å². The summed E-state index contributed by atoms with van der Waals surface area (Å²) in [7, 11) is 1.96. The van der Waals surface area contributed by atoms with E-state index in [1.807, 2.05) is 19.2 Å². The minimum atomic E-state index is 0.0228. The van der Waals surface area contributed by atoms with E-state index in [0.29, 0.717) is 12.5 Å². The predicted molar refractivity (Wildman–Crippen MR) is 76.7 cm³/mol. The maximum absolute atomic E-state index is 6.37. The van der Waals surface area contributed by atoms with E-state index in [0.717, 1.165) is 43.1 Å². The Kier molecular flexibility index (Phi) is 5.05. The summed E-state index contributed by atoms with van der Waals surface area (Å²) in [5.41, 5.74) is 7.49. The van der Waals surface area contributed by atoms with Crippen LogP contribution in [0.5, 0.6) is 11.5 Å². The van der Waals surface area contributed by atoms with Crippen molar-refractivity contribution in [3.05, 3.63) is 23.8 Å². The number of ether oxygens (including phenoxy) is 2. The van der Waals surface area contributed by atoms with Crippen LogP contribution in [-0.4, -0.2) is 26.8 Å². The maximum atomic E-state index is 6.37. The van der Waals surface area contributed by atoms with Crippen molar-refractivity contribution in [1.82, 2.24) is 5.32 Å². The van der Waals surface area contributed by atoms with Crippen molar-refractivity contribution in [3.8, 4) is 11.5 Å². The van der Waals surface area contributed by atoms with Crippen molar-refractivity contribution < 1.29 is 9.47 Å². The molecule has 0 fully saturated rings. The summed E-state index contributed by atoms with van der Waals surface area (Å²) < 4.78 is 11.4. The Morgan fingerprint density at radius 1 is 1.26 bits per heavy atom. The van der Waals surface area contributed by atoms with Gasteiger partial charge in [0.25, 0.3) is 0 Å². The van der Waals surface area contributed by atoms with Crippen molar-refractivity contribution in [3.63, 3.8) is 0 Å². The monoisotopic (exact) mass is 264 g/mol. The van der Waals surface area contributed by atoms with Gasteiger partial charge in [-0.05, 0) is 37.2 Å². The first kappa shape index (κ1) is 14.2. The molecule has 4 nitrogen and oxygen atoms in total. The minimum Gasteiger partial charge on any atom is -0.490 e. The van der Waals surface area contributed by atoms with Gasteiger partial charge in [-0.1, -0.05) is 19.4 Å². The van der Waals surface area contributed by atoms with Gasteiger partial charge in [-0.2, -0.15) is 0 Å². The highest BCUT2D eigenvalue weighted by molar-refractivity contribution is 5.44. The van der Waals surface area contributed by atoms with E-state index in [-0.39, 0.29) is 6.04 Å². The summed E-state index contributed by atoms with van der Waals surface area (Å²) in [6.07, 6.45) is 1.98. The fraction of sp³-hybridized carbons (Fsp3) is 0.600. The first-order chi connectivity index (χ1) is 9.26. The Morgan fingerprint density at radius 3 is 2.68 bits per heavy atom. The summed E-state index contributed by atoms with van der Waals surface area (Å²) in [5, 5.41) is 3.21. The lowest BCUT2D eigenvalue weighted by Gasteiger charge is -2.23. The molecule has 0 bridgehead atoms. The molecule has 1 aromatic carbocycles. The molecule has 2 atom stereocenters. The second-order valence-corrected chi connectivity index (χ2v) is 5.01. The van der Waals surface area contributed by atoms with Crippen LogP contribution in [0.25, 0.3) is 0 Å². The average molecular weight is 264 g/mol. The maximum Gasteiger partial charge on any atom is 0.161 e. The fourth-order valence-electron chi connectivity index (χ4n) is 2.45. The molecule has 1 heterocycles. The summed E-state index contributed by atoms with van der Waals surface area (Å²) in [5.74, 6) is 2.08. The number of rotatable bonds is 5. The van der Waals surface area contributed by atoms with Crippen LogP contribution in [0, 0.1) is 5.92 Å². The van der Waals surface area contributed by atoms with Gasteiger partial charge in [-0.25, -0.2) is 0 Å². The molecule has 1 aliphatic rings. The van der Waals surface area contributed by atoms with E-state index >= 15 is 0 Å². The van der Waals surface area contributed by atoms with Gasteiger partial charge in [0.2, 0.25) is 0 Å². The van der Waals surface area contributed by atoms with Gasteiger partial charge in [0.15, 0.2) is 11.5 Å². The first-order valence-electron chi connectivity index (χ1n) is 7.06. The molecule has 1 aliphatic heterocycles. The molecule has 106 valence electrons. The van der Waals surface area contributed by atoms with Crippen LogP contribution in [0.15, 0.2) is 18.2 Å². The molecule has 0 saturated heterocycles. The van der Waals surface area contributed by atoms with Crippen molar-refractivity contribution in [2.24, 2.45) is 11.7 Å². The molecule has 2 unspecified atom stereocenters. The van der Waals surface area contributed by atoms with E-state index in [1.54, 1.807) is 0 Å². The molecule has 0 aromatic heterocycles. The molecule has 0 radical (unpaired) electrons. The molecule has 0 spiro atoms. The number of hydrogen-bond acceptors (Lipinski definition) is 4. The zero-order valence-electron chi connectivity index (χ0n) is 11.8. The topological polar surface area (TPSA) is 56.5 Å². The van der Waals surface area contributed by atoms with Gasteiger partial charge in [-0.3, -0.25) is 0 Å². The lowest BCUT2D eigenvalue weighted by Crippen LogP contribution is -2.29. The highest BCUT2D eigenvalue weighted by Gasteiger charge is 2.19. The Balaban J connectivity index is 2.18. The smallest absolute Gasteiger partial charge is 0.161 e. The molecule has 0 amide bonds. The van der Waals surface area contributed by atoms with Crippen molar-refractivity contribution in [2.75, 3.05) is 26.8 Å². The number of fused-ring (bicyclic) bond motifs is 1. The SMILES string of the molecule is CCC(CNC)C(N)c1ccc2c(c1)OCCCO2. The number of nitrogens with one attached hydrogen (secondary N) is 1. The molecular weight excluding hydrogens is 240 g/mol. The minimum absolute atomic E-state index is 0.0228. The molecule has 0 saturated carbocycles. The Morgan fingerprint density at radius 2 is 2.00 bits per heavy atom. The fourth-order valence-corrected chi connectivity index (χ4v) is 2.45. The standard InChI is InChI=1S/C15H24N2O2/c1-3-11(10-17-2)15(16)12-5-6-13-14(9-12)19-8-4-7-18-13/h5-6,9,11,15,17H,3-4,7-8,10,16H2,1-2H3. The Bertz CT molecular complexity index is 409. The lowest BCUT2D eigenvalue weighted by molar-refractivity contribution is 0.296. The van der Waals surface area contributed by atoms with Crippen molar-refractivity contribution in [2.45, 2.75) is 25.8 Å². The second-order valence-electron chi connectivity index (χ2n) is 5.01. The van der Waals surface area contributed by atoms with Crippen LogP contribution in [-0.2, 0) is 0 Å². The van der Waals surface area contributed by atoms with Crippen LogP contribution in [0.3, 0.4) is 0 Å². The Hall–Kier alpha value is -1.26. The second kappa shape index (κ2) is 6.78. The van der Waals surface area contributed by atoms with Crippen LogP contribution in [0.1, 0.15) is 31.4 Å². The summed E-state index contributed by atoms with van der Waals surface area (Å²) in [4.78, 5) is 0. The summed E-state index contributed by atoms with van der Waals surface area (Å²) in [6.45, 7) is 4.52. The van der Waals surface area contributed by atoms with Gasteiger partial charge in [0, 0.05) is 12.5 Å². The predicted octanol–water partition coefficient (Wildman–Crippen LogP) is 2.09. The zero-order valence-corrected chi connectivity index (χ0v) is 11.8. The summed E-state index contributed by atoms with van der Waals surface area (Å²) in [6, 6.07) is 6.08. The van der Waals surface area contributed by atoms with Gasteiger partial charge in [0.1, 0.15) is 0 Å². The number of nitrogens with two attached hydrogens (primary N) is 1. The highest BCUT2D eigenvalue weighted by Crippen LogP contribution is 2.33. The van der Waals surface area contributed by atoms with Crippen molar-refractivity contribution >= 4 is 0 Å². The third-order valence-corrected chi connectivity index (χ3v) is 3.66. The third-order valence-electron chi connectivity index (χ3n) is 3.66. The van der Waals surface area contributed by atoms with Gasteiger partial charge in [-0.15, -0.1) is 0 Å². The van der Waals surface area contributed by atoms with Crippen LogP contribution in [0.2, 0.25) is 0 Å². The number of benzene rings is 1. The highest BCUT2D eigenvalue weighted by atomic mass is 16.5. The Labute approximate surface area is 115 Å². The first-order valence-corrected chi connectivity index (χ1v) is 7.06. The molecule has 4 heteroatoms.